The van der Waals surface area contributed by atoms with Gasteiger partial charge in [0.15, 0.2) is 5.16 Å². The van der Waals surface area contributed by atoms with Crippen LogP contribution in [0.4, 0.5) is 5.95 Å². The zero-order valence-corrected chi connectivity index (χ0v) is 13.0. The number of aryl methyl sites for hydroxylation is 2. The van der Waals surface area contributed by atoms with Gasteiger partial charge in [0.1, 0.15) is 0 Å². The summed E-state index contributed by atoms with van der Waals surface area (Å²) < 4.78 is 0. The van der Waals surface area contributed by atoms with Crippen LogP contribution in [-0.2, 0) is 4.79 Å². The number of aromatic nitrogens is 4. The topological polar surface area (TPSA) is 84.2 Å². The third-order valence-corrected chi connectivity index (χ3v) is 3.85. The molecule has 3 rings (SSSR count). The van der Waals surface area contributed by atoms with Crippen LogP contribution in [0.2, 0.25) is 0 Å². The van der Waals surface area contributed by atoms with Crippen molar-refractivity contribution in [3.8, 4) is 0 Å². The Bertz CT molecular complexity index is 713. The van der Waals surface area contributed by atoms with Crippen molar-refractivity contribution < 1.29 is 4.79 Å². The number of nitrogens with zero attached hydrogens (tertiary/aromatic N) is 6. The fraction of sp³-hybridized carbons (Fsp3) is 0.286. The zero-order chi connectivity index (χ0) is 15.5. The summed E-state index contributed by atoms with van der Waals surface area (Å²) in [5, 5.41) is 6.28. The molecule has 0 saturated heterocycles. The second-order valence-electron chi connectivity index (χ2n) is 4.82. The van der Waals surface area contributed by atoms with Crippen molar-refractivity contribution in [1.29, 1.82) is 0 Å². The number of thioether (sulfide) groups is 1. The molecule has 7 nitrogen and oxygen atoms in total. The largest absolute Gasteiger partial charge is 0.272 e. The van der Waals surface area contributed by atoms with Gasteiger partial charge < -0.3 is 0 Å². The maximum Gasteiger partial charge on any atom is 0.255 e. The Morgan fingerprint density at radius 1 is 1.18 bits per heavy atom. The first-order valence-electron chi connectivity index (χ1n) is 6.73. The van der Waals surface area contributed by atoms with Crippen molar-refractivity contribution in [3.63, 3.8) is 0 Å². The third kappa shape index (κ3) is 3.28. The Kier molecular flexibility index (Phi) is 4.10. The van der Waals surface area contributed by atoms with Gasteiger partial charge in [-0.15, -0.1) is 0 Å². The summed E-state index contributed by atoms with van der Waals surface area (Å²) in [4.78, 5) is 28.9. The van der Waals surface area contributed by atoms with E-state index in [2.05, 4.69) is 25.0 Å². The Balaban J connectivity index is 1.74. The smallest absolute Gasteiger partial charge is 0.255 e. The number of carbonyl (C=O) groups excluding carboxylic acids is 1. The molecule has 0 saturated carbocycles. The molecule has 112 valence electrons. The quantitative estimate of drug-likeness (QED) is 0.631. The van der Waals surface area contributed by atoms with Gasteiger partial charge in [-0.3, -0.25) is 4.79 Å². The Morgan fingerprint density at radius 3 is 2.55 bits per heavy atom. The Hall–Kier alpha value is -2.35. The van der Waals surface area contributed by atoms with Crippen LogP contribution >= 0.6 is 11.8 Å². The molecule has 8 heteroatoms. The average Bonchev–Trinajstić information content (AvgIpc) is 2.86. The van der Waals surface area contributed by atoms with E-state index in [0.29, 0.717) is 16.9 Å². The summed E-state index contributed by atoms with van der Waals surface area (Å²) in [5.74, 6) is 0.782. The standard InChI is InChI=1S/C14H14N6OS/c1-9-6-10(2)18-13(17-9)20-12(21)7-11(19-20)8-22-14-15-4-3-5-16-14/h3-6H,7-8H2,1-2H3. The first kappa shape index (κ1) is 14.6. The minimum absolute atomic E-state index is 0.116. The molecule has 0 atom stereocenters. The molecule has 0 N–H and O–H groups in total. The zero-order valence-electron chi connectivity index (χ0n) is 12.2. The molecule has 0 radical (unpaired) electrons. The molecule has 0 spiro atoms. The lowest BCUT2D eigenvalue weighted by Gasteiger charge is -2.10. The van der Waals surface area contributed by atoms with Crippen molar-refractivity contribution in [1.82, 2.24) is 19.9 Å². The highest BCUT2D eigenvalue weighted by Gasteiger charge is 2.27. The van der Waals surface area contributed by atoms with E-state index in [0.717, 1.165) is 17.1 Å². The highest BCUT2D eigenvalue weighted by molar-refractivity contribution is 7.99. The van der Waals surface area contributed by atoms with Gasteiger partial charge in [0.25, 0.3) is 11.9 Å². The Morgan fingerprint density at radius 2 is 1.86 bits per heavy atom. The summed E-state index contributed by atoms with van der Waals surface area (Å²) in [6.45, 7) is 3.73. The lowest BCUT2D eigenvalue weighted by molar-refractivity contribution is -0.117. The number of carbonyl (C=O) groups is 1. The molecular weight excluding hydrogens is 300 g/mol. The molecule has 22 heavy (non-hydrogen) atoms. The molecule has 1 aliphatic heterocycles. The fourth-order valence-electron chi connectivity index (χ4n) is 2.03. The van der Waals surface area contributed by atoms with Crippen molar-refractivity contribution in [2.75, 3.05) is 10.8 Å². The van der Waals surface area contributed by atoms with E-state index >= 15 is 0 Å². The molecule has 0 bridgehead atoms. The molecule has 1 aliphatic rings. The van der Waals surface area contributed by atoms with Gasteiger partial charge in [-0.1, -0.05) is 11.8 Å². The highest BCUT2D eigenvalue weighted by Crippen LogP contribution is 2.20. The van der Waals surface area contributed by atoms with Gasteiger partial charge in [-0.2, -0.15) is 10.1 Å². The van der Waals surface area contributed by atoms with E-state index < -0.39 is 0 Å². The maximum atomic E-state index is 12.1. The van der Waals surface area contributed by atoms with Crippen molar-refractivity contribution in [2.45, 2.75) is 25.4 Å². The van der Waals surface area contributed by atoms with E-state index in [1.165, 1.54) is 16.8 Å². The summed E-state index contributed by atoms with van der Waals surface area (Å²) in [5.41, 5.74) is 2.39. The lowest BCUT2D eigenvalue weighted by atomic mass is 10.3. The monoisotopic (exact) mass is 314 g/mol. The summed E-state index contributed by atoms with van der Waals surface area (Å²) in [6, 6.07) is 3.62. The number of hydrogen-bond donors (Lipinski definition) is 0. The normalized spacial score (nSPS) is 14.4. The molecule has 1 amide bonds. The number of rotatable bonds is 4. The van der Waals surface area contributed by atoms with Gasteiger partial charge in [-0.05, 0) is 26.0 Å². The summed E-state index contributed by atoms with van der Waals surface area (Å²) in [7, 11) is 0. The average molecular weight is 314 g/mol. The van der Waals surface area contributed by atoms with E-state index in [1.54, 1.807) is 18.5 Å². The van der Waals surface area contributed by atoms with Crippen LogP contribution in [0.1, 0.15) is 17.8 Å². The van der Waals surface area contributed by atoms with Crippen LogP contribution in [0, 0.1) is 13.8 Å². The van der Waals surface area contributed by atoms with Gasteiger partial charge in [0.2, 0.25) is 0 Å². The minimum atomic E-state index is -0.116. The number of hydrogen-bond acceptors (Lipinski definition) is 7. The summed E-state index contributed by atoms with van der Waals surface area (Å²) in [6.07, 6.45) is 3.65. The van der Waals surface area contributed by atoms with Crippen LogP contribution in [0.25, 0.3) is 0 Å². The van der Waals surface area contributed by atoms with Crippen molar-refractivity contribution in [2.24, 2.45) is 5.10 Å². The third-order valence-electron chi connectivity index (χ3n) is 2.90. The fourth-order valence-corrected chi connectivity index (χ4v) is 2.75. The van der Waals surface area contributed by atoms with Crippen LogP contribution in [0.5, 0.6) is 0 Å². The summed E-state index contributed by atoms with van der Waals surface area (Å²) >= 11 is 1.45. The van der Waals surface area contributed by atoms with Gasteiger partial charge in [-0.25, -0.2) is 19.9 Å². The van der Waals surface area contributed by atoms with Gasteiger partial charge >= 0.3 is 0 Å². The Labute approximate surface area is 131 Å². The highest BCUT2D eigenvalue weighted by atomic mass is 32.2. The molecular formula is C14H14N6OS. The molecule has 0 aliphatic carbocycles. The number of amides is 1. The van der Waals surface area contributed by atoms with E-state index in [9.17, 15) is 4.79 Å². The van der Waals surface area contributed by atoms with Gasteiger partial charge in [0, 0.05) is 29.5 Å². The second kappa shape index (κ2) is 6.18. The first-order valence-corrected chi connectivity index (χ1v) is 7.72. The molecule has 3 heterocycles. The molecule has 2 aromatic heterocycles. The van der Waals surface area contributed by atoms with E-state index in [-0.39, 0.29) is 12.3 Å². The predicted octanol–water partition coefficient (Wildman–Crippen LogP) is 1.77. The van der Waals surface area contributed by atoms with E-state index in [4.69, 9.17) is 0 Å². The lowest BCUT2D eigenvalue weighted by Crippen LogP contribution is -2.22. The molecule has 2 aromatic rings. The molecule has 0 aromatic carbocycles. The van der Waals surface area contributed by atoms with E-state index in [1.807, 2.05) is 19.9 Å². The van der Waals surface area contributed by atoms with Crippen LogP contribution in [0.3, 0.4) is 0 Å². The van der Waals surface area contributed by atoms with Crippen molar-refractivity contribution >= 4 is 29.3 Å². The van der Waals surface area contributed by atoms with Crippen LogP contribution in [-0.4, -0.2) is 37.3 Å². The predicted molar refractivity (Wildman–Crippen MR) is 83.8 cm³/mol. The first-order chi connectivity index (χ1) is 10.6. The SMILES string of the molecule is Cc1cc(C)nc(N2N=C(CSc3ncccn3)CC2=O)n1. The number of hydrazone groups is 1. The van der Waals surface area contributed by atoms with Crippen LogP contribution < -0.4 is 5.01 Å². The van der Waals surface area contributed by atoms with Crippen molar-refractivity contribution in [3.05, 3.63) is 35.9 Å². The molecule has 0 unspecified atom stereocenters. The van der Waals surface area contributed by atoms with Crippen LogP contribution in [0.15, 0.2) is 34.8 Å². The van der Waals surface area contributed by atoms with Gasteiger partial charge in [0.05, 0.1) is 12.1 Å². The maximum absolute atomic E-state index is 12.1. The minimum Gasteiger partial charge on any atom is -0.272 e. The molecule has 0 fully saturated rings. The second-order valence-corrected chi connectivity index (χ2v) is 5.76. The number of anilines is 1.